The van der Waals surface area contributed by atoms with Crippen molar-refractivity contribution in [2.75, 3.05) is 4.90 Å². The van der Waals surface area contributed by atoms with Gasteiger partial charge in [-0.25, -0.2) is 0 Å². The highest BCUT2D eigenvalue weighted by Crippen LogP contribution is 2.55. The third kappa shape index (κ3) is 5.25. The van der Waals surface area contributed by atoms with E-state index in [2.05, 4.69) is 129 Å². The summed E-state index contributed by atoms with van der Waals surface area (Å²) in [5.74, 6) is 0.399. The molecule has 1 aromatic heterocycles. The number of aryl methyl sites for hydroxylation is 1. The minimum absolute atomic E-state index is 0.399. The van der Waals surface area contributed by atoms with E-state index in [0.717, 1.165) is 37.1 Å². The number of benzene rings is 2. The zero-order valence-electron chi connectivity index (χ0n) is 25.8. The molecule has 2 nitrogen and oxygen atoms in total. The molecule has 3 heterocycles. The molecule has 0 fully saturated rings. The summed E-state index contributed by atoms with van der Waals surface area (Å²) >= 11 is 3.84. The van der Waals surface area contributed by atoms with Crippen molar-refractivity contribution in [3.63, 3.8) is 0 Å². The summed E-state index contributed by atoms with van der Waals surface area (Å²) < 4.78 is 1.32. The number of allylic oxidation sites excluding steroid dienone is 13. The highest BCUT2D eigenvalue weighted by atomic mass is 32.2. The quantitative estimate of drug-likeness (QED) is 0.267. The van der Waals surface area contributed by atoms with Gasteiger partial charge in [-0.3, -0.25) is 4.99 Å². The Labute approximate surface area is 270 Å². The summed E-state index contributed by atoms with van der Waals surface area (Å²) in [7, 11) is 0. The summed E-state index contributed by atoms with van der Waals surface area (Å²) in [6.45, 7) is 11.8. The predicted molar refractivity (Wildman–Crippen MR) is 195 cm³/mol. The number of nitrogens with zero attached hydrogens (tertiary/aromatic N) is 2. The predicted octanol–water partition coefficient (Wildman–Crippen LogP) is 11.8. The lowest BCUT2D eigenvalue weighted by atomic mass is 9.90. The number of anilines is 2. The second kappa shape index (κ2) is 12.3. The lowest BCUT2D eigenvalue weighted by Gasteiger charge is -2.29. The monoisotopic (exact) mass is 610 g/mol. The number of hydrogen-bond acceptors (Lipinski definition) is 4. The van der Waals surface area contributed by atoms with E-state index in [0.29, 0.717) is 12.5 Å². The van der Waals surface area contributed by atoms with Gasteiger partial charge in [0.25, 0.3) is 0 Å². The van der Waals surface area contributed by atoms with E-state index < -0.39 is 0 Å². The Balaban J connectivity index is 1.43. The standard InChI is InChI=1S/C40H38N2S2/c1-5-14-33-28(4)43-40-35(33)22-21-30-18-11-6-8-15-26(2)42(38(30)40)32-23-31(25-41-27(3)29-16-9-7-10-17-29)39-36(24-32)34-19-12-13-20-37(34)44-39/h5-6,8-9,11-17,20-24,34H,2,7,10,18-19,25H2,1,3-4H3/b11-6-,14-5-,15-8-,41-27+. The van der Waals surface area contributed by atoms with Crippen molar-refractivity contribution in [1.29, 1.82) is 0 Å². The first-order valence-electron chi connectivity index (χ1n) is 15.6. The highest BCUT2D eigenvalue weighted by Gasteiger charge is 2.32. The van der Waals surface area contributed by atoms with Crippen LogP contribution in [0.25, 0.3) is 16.2 Å². The first kappa shape index (κ1) is 28.9. The average Bonchev–Trinajstić information content (AvgIpc) is 3.59. The summed E-state index contributed by atoms with van der Waals surface area (Å²) in [5.41, 5.74) is 11.1. The summed E-state index contributed by atoms with van der Waals surface area (Å²) in [4.78, 5) is 11.8. The topological polar surface area (TPSA) is 15.6 Å². The smallest absolute Gasteiger partial charge is 0.0675 e. The largest absolute Gasteiger partial charge is 0.309 e. The minimum atomic E-state index is 0.399. The van der Waals surface area contributed by atoms with Crippen LogP contribution in [0.15, 0.2) is 124 Å². The van der Waals surface area contributed by atoms with Crippen LogP contribution in [0.4, 0.5) is 11.4 Å². The van der Waals surface area contributed by atoms with Crippen molar-refractivity contribution < 1.29 is 0 Å². The molecule has 2 aliphatic heterocycles. The molecule has 2 aliphatic carbocycles. The van der Waals surface area contributed by atoms with Gasteiger partial charge >= 0.3 is 0 Å². The Kier molecular flexibility index (Phi) is 8.05. The van der Waals surface area contributed by atoms with Crippen molar-refractivity contribution in [3.05, 3.63) is 141 Å². The normalized spacial score (nSPS) is 21.0. The molecule has 0 radical (unpaired) electrons. The molecule has 3 aromatic rings. The molecular weight excluding hydrogens is 573 g/mol. The van der Waals surface area contributed by atoms with Crippen LogP contribution in [0.2, 0.25) is 0 Å². The molecule has 0 bridgehead atoms. The van der Waals surface area contributed by atoms with Crippen LogP contribution in [0.1, 0.15) is 66.2 Å². The van der Waals surface area contributed by atoms with Gasteiger partial charge in [0.05, 0.1) is 16.9 Å². The number of thiophene rings is 1. The molecule has 220 valence electrons. The van der Waals surface area contributed by atoms with Crippen LogP contribution in [0.3, 0.4) is 0 Å². The molecule has 1 unspecified atom stereocenters. The molecule has 7 rings (SSSR count). The van der Waals surface area contributed by atoms with Gasteiger partial charge in [-0.2, -0.15) is 0 Å². The van der Waals surface area contributed by atoms with Crippen molar-refractivity contribution >= 4 is 56.3 Å². The molecule has 0 saturated carbocycles. The van der Waals surface area contributed by atoms with E-state index in [1.54, 1.807) is 0 Å². The van der Waals surface area contributed by atoms with Crippen LogP contribution in [0, 0.1) is 6.92 Å². The molecule has 4 aliphatic rings. The lowest BCUT2D eigenvalue weighted by Crippen LogP contribution is -2.17. The van der Waals surface area contributed by atoms with Crippen LogP contribution >= 0.6 is 23.1 Å². The molecule has 2 aromatic carbocycles. The molecule has 4 heteroatoms. The molecule has 0 N–H and O–H groups in total. The first-order chi connectivity index (χ1) is 21.5. The number of rotatable bonds is 5. The van der Waals surface area contributed by atoms with Gasteiger partial charge in [-0.1, -0.05) is 97.3 Å². The fraction of sp³-hybridized carbons (Fsp3) is 0.225. The maximum atomic E-state index is 5.17. The zero-order valence-corrected chi connectivity index (χ0v) is 27.4. The third-order valence-corrected chi connectivity index (χ3v) is 11.4. The van der Waals surface area contributed by atoms with Crippen LogP contribution in [-0.4, -0.2) is 5.71 Å². The van der Waals surface area contributed by atoms with Crippen molar-refractivity contribution in [2.45, 2.75) is 63.8 Å². The van der Waals surface area contributed by atoms with Crippen LogP contribution < -0.4 is 4.90 Å². The van der Waals surface area contributed by atoms with E-state index >= 15 is 0 Å². The Hall–Kier alpha value is -3.86. The van der Waals surface area contributed by atoms with Crippen LogP contribution in [0.5, 0.6) is 0 Å². The lowest BCUT2D eigenvalue weighted by molar-refractivity contribution is 0.829. The van der Waals surface area contributed by atoms with Crippen molar-refractivity contribution in [3.8, 4) is 0 Å². The molecule has 0 amide bonds. The van der Waals surface area contributed by atoms with E-state index in [-0.39, 0.29) is 0 Å². The summed E-state index contributed by atoms with van der Waals surface area (Å²) in [5, 5.41) is 1.31. The minimum Gasteiger partial charge on any atom is -0.309 e. The fourth-order valence-corrected chi connectivity index (χ4v) is 9.20. The fourth-order valence-electron chi connectivity index (χ4n) is 6.68. The Bertz CT molecular complexity index is 1920. The average molecular weight is 611 g/mol. The van der Waals surface area contributed by atoms with Crippen molar-refractivity contribution in [1.82, 2.24) is 0 Å². The van der Waals surface area contributed by atoms with Gasteiger partial charge in [-0.05, 0) is 97.4 Å². The van der Waals surface area contributed by atoms with Gasteiger partial charge in [0.1, 0.15) is 0 Å². The molecule has 0 saturated heterocycles. The molecule has 0 spiro atoms. The van der Waals surface area contributed by atoms with Gasteiger partial charge in [0, 0.05) is 38.2 Å². The number of fused-ring (bicyclic) bond motifs is 6. The first-order valence-corrected chi connectivity index (χ1v) is 17.3. The van der Waals surface area contributed by atoms with E-state index in [4.69, 9.17) is 4.99 Å². The molecular formula is C40H38N2S2. The van der Waals surface area contributed by atoms with Crippen molar-refractivity contribution in [2.24, 2.45) is 4.99 Å². The van der Waals surface area contributed by atoms with Gasteiger partial charge < -0.3 is 4.90 Å². The second-order valence-electron chi connectivity index (χ2n) is 11.8. The zero-order chi connectivity index (χ0) is 30.2. The Morgan fingerprint density at radius 2 is 2.00 bits per heavy atom. The van der Waals surface area contributed by atoms with Crippen LogP contribution in [-0.2, 0) is 13.0 Å². The second-order valence-corrected chi connectivity index (χ2v) is 14.1. The number of thioether (sulfide) groups is 1. The number of aliphatic imine (C=N–C) groups is 1. The van der Waals surface area contributed by atoms with Gasteiger partial charge in [0.15, 0.2) is 0 Å². The van der Waals surface area contributed by atoms with E-state index in [1.807, 2.05) is 23.1 Å². The van der Waals surface area contributed by atoms with E-state index in [9.17, 15) is 0 Å². The Morgan fingerprint density at radius 3 is 2.84 bits per heavy atom. The SMILES string of the molecule is C=C1/C=C\C=C/Cc2ccc3c(/C=C\C)c(C)sc3c2N1c1cc(C/N=C(\C)C2=CCCC=C2)c2c(c1)C1CC=CC=C1S2. The summed E-state index contributed by atoms with van der Waals surface area (Å²) in [6, 6.07) is 9.47. The molecule has 44 heavy (non-hydrogen) atoms. The number of hydrogen-bond donors (Lipinski definition) is 0. The van der Waals surface area contributed by atoms with Gasteiger partial charge in [0.2, 0.25) is 0 Å². The molecule has 1 atom stereocenters. The summed E-state index contributed by atoms with van der Waals surface area (Å²) in [6.07, 6.45) is 30.8. The Morgan fingerprint density at radius 1 is 1.09 bits per heavy atom. The maximum absolute atomic E-state index is 5.17. The maximum Gasteiger partial charge on any atom is 0.0675 e. The van der Waals surface area contributed by atoms with E-state index in [1.165, 1.54) is 64.0 Å². The highest BCUT2D eigenvalue weighted by molar-refractivity contribution is 8.03. The third-order valence-electron chi connectivity index (χ3n) is 8.90. The van der Waals surface area contributed by atoms with Gasteiger partial charge in [-0.15, -0.1) is 11.3 Å².